The zero-order valence-electron chi connectivity index (χ0n) is 10.4. The second-order valence-corrected chi connectivity index (χ2v) is 4.62. The van der Waals surface area contributed by atoms with Gasteiger partial charge in [0.05, 0.1) is 0 Å². The highest BCUT2D eigenvalue weighted by Crippen LogP contribution is 2.13. The maximum absolute atomic E-state index is 12.9. The summed E-state index contributed by atoms with van der Waals surface area (Å²) in [4.78, 5) is 5.66. The highest BCUT2D eigenvalue weighted by molar-refractivity contribution is 5.42. The molecule has 1 atom stereocenters. The van der Waals surface area contributed by atoms with Gasteiger partial charge >= 0.3 is 0 Å². The molecule has 0 amide bonds. The fraction of sp³-hybridized carbons (Fsp3) is 0.583. The molecule has 1 aromatic heterocycles. The van der Waals surface area contributed by atoms with Gasteiger partial charge in [0.15, 0.2) is 0 Å². The van der Waals surface area contributed by atoms with Crippen LogP contribution in [-0.4, -0.2) is 36.6 Å². The van der Waals surface area contributed by atoms with Crippen molar-refractivity contribution in [2.75, 3.05) is 26.0 Å². The number of nitrogens with one attached hydrogen (secondary N) is 1. The van der Waals surface area contributed by atoms with Crippen molar-refractivity contribution >= 4 is 5.69 Å². The van der Waals surface area contributed by atoms with E-state index in [1.807, 2.05) is 14.1 Å². The van der Waals surface area contributed by atoms with Crippen molar-refractivity contribution in [3.63, 3.8) is 0 Å². The topological polar surface area (TPSA) is 28.2 Å². The Bertz CT molecular complexity index is 326. The summed E-state index contributed by atoms with van der Waals surface area (Å²) in [6.07, 6.45) is 1.48. The lowest BCUT2D eigenvalue weighted by Crippen LogP contribution is -2.36. The van der Waals surface area contributed by atoms with Crippen LogP contribution in [0.25, 0.3) is 0 Å². The van der Waals surface area contributed by atoms with Crippen LogP contribution in [0.15, 0.2) is 18.3 Å². The minimum absolute atomic E-state index is 0.303. The first-order chi connectivity index (χ1) is 7.49. The average Bonchev–Trinajstić information content (AvgIpc) is 2.15. The highest BCUT2D eigenvalue weighted by Gasteiger charge is 2.14. The first-order valence-corrected chi connectivity index (χ1v) is 5.52. The second kappa shape index (κ2) is 5.80. The third-order valence-corrected chi connectivity index (χ3v) is 2.45. The largest absolute Gasteiger partial charge is 0.381 e. The molecule has 1 aromatic rings. The Morgan fingerprint density at radius 2 is 2.12 bits per heavy atom. The van der Waals surface area contributed by atoms with Crippen LogP contribution in [-0.2, 0) is 0 Å². The van der Waals surface area contributed by atoms with E-state index in [1.165, 1.54) is 12.3 Å². The van der Waals surface area contributed by atoms with Gasteiger partial charge in [-0.25, -0.2) is 4.98 Å². The van der Waals surface area contributed by atoms with Gasteiger partial charge in [0.25, 0.3) is 0 Å². The third kappa shape index (κ3) is 4.14. The summed E-state index contributed by atoms with van der Waals surface area (Å²) in [7, 11) is 4.06. The molecule has 0 aliphatic carbocycles. The molecule has 1 N–H and O–H groups in total. The Hall–Kier alpha value is -1.16. The van der Waals surface area contributed by atoms with E-state index in [0.29, 0.717) is 12.0 Å². The zero-order chi connectivity index (χ0) is 12.1. The van der Waals surface area contributed by atoms with Gasteiger partial charge in [-0.05, 0) is 26.1 Å². The van der Waals surface area contributed by atoms with Crippen LogP contribution in [0.2, 0.25) is 0 Å². The maximum Gasteiger partial charge on any atom is 0.214 e. The Kier molecular flexibility index (Phi) is 4.68. The lowest BCUT2D eigenvalue weighted by atomic mass is 10.0. The standard InChI is InChI=1S/C12H20FN3/c1-9(2)11(8-16(3)4)15-10-5-6-14-12(13)7-10/h5-7,9,11H,8H2,1-4H3,(H,14,15). The first kappa shape index (κ1) is 12.9. The number of anilines is 1. The Morgan fingerprint density at radius 3 is 2.62 bits per heavy atom. The molecule has 1 unspecified atom stereocenters. The van der Waals surface area contributed by atoms with Gasteiger partial charge in [0.2, 0.25) is 5.95 Å². The summed E-state index contributed by atoms with van der Waals surface area (Å²) >= 11 is 0. The smallest absolute Gasteiger partial charge is 0.214 e. The molecule has 0 bridgehead atoms. The molecule has 0 saturated carbocycles. The van der Waals surface area contributed by atoms with Crippen molar-refractivity contribution in [3.05, 3.63) is 24.3 Å². The van der Waals surface area contributed by atoms with E-state index in [4.69, 9.17) is 0 Å². The predicted molar refractivity (Wildman–Crippen MR) is 65.0 cm³/mol. The van der Waals surface area contributed by atoms with Crippen LogP contribution in [0.1, 0.15) is 13.8 Å². The number of nitrogens with zero attached hydrogens (tertiary/aromatic N) is 2. The van der Waals surface area contributed by atoms with Gasteiger partial charge < -0.3 is 10.2 Å². The van der Waals surface area contributed by atoms with Gasteiger partial charge in [0, 0.05) is 30.5 Å². The number of hydrogen-bond donors (Lipinski definition) is 1. The molecular weight excluding hydrogens is 205 g/mol. The van der Waals surface area contributed by atoms with Gasteiger partial charge in [-0.2, -0.15) is 4.39 Å². The van der Waals surface area contributed by atoms with Crippen LogP contribution in [0, 0.1) is 11.9 Å². The molecular formula is C12H20FN3. The molecule has 1 rings (SSSR count). The first-order valence-electron chi connectivity index (χ1n) is 5.52. The molecule has 90 valence electrons. The third-order valence-electron chi connectivity index (χ3n) is 2.45. The maximum atomic E-state index is 12.9. The Labute approximate surface area is 96.7 Å². The molecule has 4 heteroatoms. The summed E-state index contributed by atoms with van der Waals surface area (Å²) in [5.41, 5.74) is 0.785. The molecule has 0 radical (unpaired) electrons. The number of rotatable bonds is 5. The molecule has 0 fully saturated rings. The van der Waals surface area contributed by atoms with Crippen molar-refractivity contribution in [2.45, 2.75) is 19.9 Å². The molecule has 16 heavy (non-hydrogen) atoms. The Morgan fingerprint density at radius 1 is 1.44 bits per heavy atom. The van der Waals surface area contributed by atoms with Crippen LogP contribution in [0.4, 0.5) is 10.1 Å². The number of pyridine rings is 1. The van der Waals surface area contributed by atoms with Crippen LogP contribution in [0.5, 0.6) is 0 Å². The van der Waals surface area contributed by atoms with E-state index in [1.54, 1.807) is 6.07 Å². The van der Waals surface area contributed by atoms with E-state index in [2.05, 4.69) is 29.0 Å². The van der Waals surface area contributed by atoms with Crippen molar-refractivity contribution < 1.29 is 4.39 Å². The number of hydrogen-bond acceptors (Lipinski definition) is 3. The predicted octanol–water partition coefficient (Wildman–Crippen LogP) is 2.22. The molecule has 0 saturated heterocycles. The van der Waals surface area contributed by atoms with Crippen molar-refractivity contribution in [1.29, 1.82) is 0 Å². The highest BCUT2D eigenvalue weighted by atomic mass is 19.1. The van der Waals surface area contributed by atoms with Gasteiger partial charge in [-0.3, -0.25) is 0 Å². The Balaban J connectivity index is 2.68. The van der Waals surface area contributed by atoms with E-state index < -0.39 is 5.95 Å². The van der Waals surface area contributed by atoms with Crippen LogP contribution < -0.4 is 5.32 Å². The quantitative estimate of drug-likeness (QED) is 0.779. The minimum Gasteiger partial charge on any atom is -0.381 e. The van der Waals surface area contributed by atoms with Crippen molar-refractivity contribution in [3.8, 4) is 0 Å². The minimum atomic E-state index is -0.447. The lowest BCUT2D eigenvalue weighted by molar-refractivity contribution is 0.344. The van der Waals surface area contributed by atoms with Gasteiger partial charge in [-0.1, -0.05) is 13.8 Å². The lowest BCUT2D eigenvalue weighted by Gasteiger charge is -2.26. The summed E-state index contributed by atoms with van der Waals surface area (Å²) in [6, 6.07) is 3.51. The van der Waals surface area contributed by atoms with Gasteiger partial charge in [0.1, 0.15) is 0 Å². The van der Waals surface area contributed by atoms with E-state index >= 15 is 0 Å². The number of halogens is 1. The van der Waals surface area contributed by atoms with E-state index in [0.717, 1.165) is 12.2 Å². The molecule has 0 aliphatic heterocycles. The van der Waals surface area contributed by atoms with Crippen molar-refractivity contribution in [1.82, 2.24) is 9.88 Å². The fourth-order valence-corrected chi connectivity index (χ4v) is 1.52. The summed E-state index contributed by atoms with van der Waals surface area (Å²) < 4.78 is 12.9. The average molecular weight is 225 g/mol. The molecule has 0 aliphatic rings. The van der Waals surface area contributed by atoms with Crippen LogP contribution in [0.3, 0.4) is 0 Å². The number of aromatic nitrogens is 1. The number of likely N-dealkylation sites (N-methyl/N-ethyl adjacent to an activating group) is 1. The van der Waals surface area contributed by atoms with Crippen molar-refractivity contribution in [2.24, 2.45) is 5.92 Å². The summed E-state index contributed by atoms with van der Waals surface area (Å²) in [6.45, 7) is 5.22. The summed E-state index contributed by atoms with van der Waals surface area (Å²) in [5.74, 6) is 0.0379. The van der Waals surface area contributed by atoms with Crippen LogP contribution >= 0.6 is 0 Å². The van der Waals surface area contributed by atoms with E-state index in [-0.39, 0.29) is 0 Å². The SMILES string of the molecule is CC(C)C(CN(C)C)Nc1ccnc(F)c1. The summed E-state index contributed by atoms with van der Waals surface area (Å²) in [5, 5.41) is 3.33. The zero-order valence-corrected chi connectivity index (χ0v) is 10.4. The van der Waals surface area contributed by atoms with Gasteiger partial charge in [-0.15, -0.1) is 0 Å². The molecule has 3 nitrogen and oxygen atoms in total. The molecule has 1 heterocycles. The molecule has 0 spiro atoms. The monoisotopic (exact) mass is 225 g/mol. The fourth-order valence-electron chi connectivity index (χ4n) is 1.52. The molecule has 0 aromatic carbocycles. The normalized spacial score (nSPS) is 13.2. The van der Waals surface area contributed by atoms with E-state index in [9.17, 15) is 4.39 Å². The second-order valence-electron chi connectivity index (χ2n) is 4.62.